The first-order chi connectivity index (χ1) is 5.43. The summed E-state index contributed by atoms with van der Waals surface area (Å²) in [6.45, 7) is 2.25. The van der Waals surface area contributed by atoms with E-state index in [0.717, 1.165) is 25.6 Å². The zero-order chi connectivity index (χ0) is 7.94. The zero-order valence-electron chi connectivity index (χ0n) is 7.09. The van der Waals surface area contributed by atoms with Crippen LogP contribution in [-0.4, -0.2) is 24.9 Å². The summed E-state index contributed by atoms with van der Waals surface area (Å²) in [6, 6.07) is 0. The SMILES string of the molecule is OCCCCC1CCOCC1. The van der Waals surface area contributed by atoms with Gasteiger partial charge in [0, 0.05) is 19.8 Å². The maximum Gasteiger partial charge on any atom is 0.0468 e. The predicted octanol–water partition coefficient (Wildman–Crippen LogP) is 1.58. The molecule has 2 heteroatoms. The maximum atomic E-state index is 8.57. The highest BCUT2D eigenvalue weighted by Gasteiger charge is 2.12. The fourth-order valence-corrected chi connectivity index (χ4v) is 1.58. The highest BCUT2D eigenvalue weighted by molar-refractivity contribution is 4.62. The van der Waals surface area contributed by atoms with E-state index in [9.17, 15) is 0 Å². The smallest absolute Gasteiger partial charge is 0.0468 e. The van der Waals surface area contributed by atoms with Gasteiger partial charge >= 0.3 is 0 Å². The second-order valence-corrected chi connectivity index (χ2v) is 3.28. The van der Waals surface area contributed by atoms with Gasteiger partial charge in [0.2, 0.25) is 0 Å². The molecule has 0 spiro atoms. The van der Waals surface area contributed by atoms with E-state index in [-0.39, 0.29) is 0 Å². The molecule has 0 saturated carbocycles. The Hall–Kier alpha value is -0.0800. The number of aliphatic hydroxyl groups is 1. The van der Waals surface area contributed by atoms with Crippen molar-refractivity contribution < 1.29 is 9.84 Å². The molecule has 0 radical (unpaired) electrons. The third-order valence-corrected chi connectivity index (χ3v) is 2.36. The number of hydrogen-bond acceptors (Lipinski definition) is 2. The van der Waals surface area contributed by atoms with Crippen molar-refractivity contribution in [2.24, 2.45) is 5.92 Å². The lowest BCUT2D eigenvalue weighted by Gasteiger charge is -2.21. The highest BCUT2D eigenvalue weighted by Crippen LogP contribution is 2.20. The van der Waals surface area contributed by atoms with E-state index in [0.29, 0.717) is 6.61 Å². The molecule has 11 heavy (non-hydrogen) atoms. The molecule has 1 N–H and O–H groups in total. The molecule has 1 heterocycles. The molecule has 1 aliphatic rings. The minimum atomic E-state index is 0.350. The second kappa shape index (κ2) is 5.56. The minimum absolute atomic E-state index is 0.350. The molecule has 0 amide bonds. The molecule has 66 valence electrons. The van der Waals surface area contributed by atoms with Crippen LogP contribution < -0.4 is 0 Å². The van der Waals surface area contributed by atoms with Gasteiger partial charge in [0.15, 0.2) is 0 Å². The Bertz CT molecular complexity index is 87.6. The van der Waals surface area contributed by atoms with Crippen LogP contribution in [0.4, 0.5) is 0 Å². The van der Waals surface area contributed by atoms with Gasteiger partial charge in [0.1, 0.15) is 0 Å². The third kappa shape index (κ3) is 3.73. The summed E-state index contributed by atoms with van der Waals surface area (Å²) >= 11 is 0. The van der Waals surface area contributed by atoms with E-state index in [1.165, 1.54) is 25.7 Å². The van der Waals surface area contributed by atoms with Crippen molar-refractivity contribution in [3.8, 4) is 0 Å². The Balaban J connectivity index is 1.96. The number of rotatable bonds is 4. The number of hydrogen-bond donors (Lipinski definition) is 1. The Morgan fingerprint density at radius 2 is 1.91 bits per heavy atom. The van der Waals surface area contributed by atoms with Crippen LogP contribution in [0.1, 0.15) is 32.1 Å². The fraction of sp³-hybridized carbons (Fsp3) is 1.00. The third-order valence-electron chi connectivity index (χ3n) is 2.36. The van der Waals surface area contributed by atoms with Crippen LogP contribution in [0, 0.1) is 5.92 Å². The van der Waals surface area contributed by atoms with Gasteiger partial charge < -0.3 is 9.84 Å². The van der Waals surface area contributed by atoms with Crippen LogP contribution in [0.2, 0.25) is 0 Å². The van der Waals surface area contributed by atoms with E-state index in [1.807, 2.05) is 0 Å². The monoisotopic (exact) mass is 158 g/mol. The first-order valence-corrected chi connectivity index (χ1v) is 4.62. The highest BCUT2D eigenvalue weighted by atomic mass is 16.5. The van der Waals surface area contributed by atoms with Crippen LogP contribution >= 0.6 is 0 Å². The molecule has 0 aromatic rings. The summed E-state index contributed by atoms with van der Waals surface area (Å²) in [6.07, 6.45) is 5.89. The quantitative estimate of drug-likeness (QED) is 0.629. The molecule has 1 rings (SSSR count). The van der Waals surface area contributed by atoms with Crippen LogP contribution in [0.15, 0.2) is 0 Å². The van der Waals surface area contributed by atoms with Crippen molar-refractivity contribution in [3.63, 3.8) is 0 Å². The minimum Gasteiger partial charge on any atom is -0.396 e. The number of aliphatic hydroxyl groups excluding tert-OH is 1. The second-order valence-electron chi connectivity index (χ2n) is 3.28. The first kappa shape index (κ1) is 9.01. The Kier molecular flexibility index (Phi) is 4.55. The predicted molar refractivity (Wildman–Crippen MR) is 44.5 cm³/mol. The van der Waals surface area contributed by atoms with Gasteiger partial charge in [-0.2, -0.15) is 0 Å². The molecule has 0 aromatic carbocycles. The summed E-state index contributed by atoms with van der Waals surface area (Å²) < 4.78 is 5.26. The molecule has 0 bridgehead atoms. The van der Waals surface area contributed by atoms with E-state index in [2.05, 4.69) is 0 Å². The molecule has 2 nitrogen and oxygen atoms in total. The van der Waals surface area contributed by atoms with E-state index in [4.69, 9.17) is 9.84 Å². The Morgan fingerprint density at radius 3 is 2.55 bits per heavy atom. The lowest BCUT2D eigenvalue weighted by molar-refractivity contribution is 0.0627. The molecular weight excluding hydrogens is 140 g/mol. The van der Waals surface area contributed by atoms with E-state index >= 15 is 0 Å². The molecule has 0 aromatic heterocycles. The molecule has 0 atom stereocenters. The molecule has 0 unspecified atom stereocenters. The summed E-state index contributed by atoms with van der Waals surface area (Å²) in [7, 11) is 0. The largest absolute Gasteiger partial charge is 0.396 e. The van der Waals surface area contributed by atoms with Crippen molar-refractivity contribution in [2.45, 2.75) is 32.1 Å². The fourth-order valence-electron chi connectivity index (χ4n) is 1.58. The van der Waals surface area contributed by atoms with Gasteiger partial charge in [-0.05, 0) is 25.2 Å². The topological polar surface area (TPSA) is 29.5 Å². The maximum absolute atomic E-state index is 8.57. The standard InChI is InChI=1S/C9H18O2/c10-6-2-1-3-9-4-7-11-8-5-9/h9-10H,1-8H2. The summed E-state index contributed by atoms with van der Waals surface area (Å²) in [4.78, 5) is 0. The van der Waals surface area contributed by atoms with Crippen LogP contribution in [0.5, 0.6) is 0 Å². The first-order valence-electron chi connectivity index (χ1n) is 4.62. The van der Waals surface area contributed by atoms with Crippen LogP contribution in [-0.2, 0) is 4.74 Å². The zero-order valence-corrected chi connectivity index (χ0v) is 7.09. The van der Waals surface area contributed by atoms with E-state index in [1.54, 1.807) is 0 Å². The molecule has 1 aliphatic heterocycles. The average Bonchev–Trinajstić information content (AvgIpc) is 2.07. The Labute approximate surface area is 68.6 Å². The van der Waals surface area contributed by atoms with Crippen molar-refractivity contribution in [1.82, 2.24) is 0 Å². The molecular formula is C9H18O2. The lowest BCUT2D eigenvalue weighted by Crippen LogP contribution is -2.15. The lowest BCUT2D eigenvalue weighted by atomic mass is 9.94. The van der Waals surface area contributed by atoms with Crippen LogP contribution in [0.3, 0.4) is 0 Å². The van der Waals surface area contributed by atoms with Crippen LogP contribution in [0.25, 0.3) is 0 Å². The molecule has 1 saturated heterocycles. The van der Waals surface area contributed by atoms with Gasteiger partial charge in [-0.25, -0.2) is 0 Å². The average molecular weight is 158 g/mol. The summed E-state index contributed by atoms with van der Waals surface area (Å²) in [5.41, 5.74) is 0. The van der Waals surface area contributed by atoms with Gasteiger partial charge in [-0.3, -0.25) is 0 Å². The van der Waals surface area contributed by atoms with Crippen molar-refractivity contribution in [1.29, 1.82) is 0 Å². The van der Waals surface area contributed by atoms with Gasteiger partial charge in [0.05, 0.1) is 0 Å². The molecule has 0 aliphatic carbocycles. The normalized spacial score (nSPS) is 20.5. The van der Waals surface area contributed by atoms with E-state index < -0.39 is 0 Å². The molecule has 1 fully saturated rings. The van der Waals surface area contributed by atoms with Gasteiger partial charge in [0.25, 0.3) is 0 Å². The van der Waals surface area contributed by atoms with Gasteiger partial charge in [-0.15, -0.1) is 0 Å². The van der Waals surface area contributed by atoms with Crippen molar-refractivity contribution >= 4 is 0 Å². The van der Waals surface area contributed by atoms with Crippen molar-refractivity contribution in [2.75, 3.05) is 19.8 Å². The summed E-state index contributed by atoms with van der Waals surface area (Å²) in [5.74, 6) is 0.871. The van der Waals surface area contributed by atoms with Gasteiger partial charge in [-0.1, -0.05) is 12.8 Å². The number of ether oxygens (including phenoxy) is 1. The Morgan fingerprint density at radius 1 is 1.18 bits per heavy atom. The number of unbranched alkanes of at least 4 members (excludes halogenated alkanes) is 1. The van der Waals surface area contributed by atoms with Crippen molar-refractivity contribution in [3.05, 3.63) is 0 Å². The summed E-state index contributed by atoms with van der Waals surface area (Å²) in [5, 5.41) is 8.57.